The molecule has 0 aliphatic carbocycles. The number of ether oxygens (including phenoxy) is 2. The van der Waals surface area contributed by atoms with Gasteiger partial charge in [-0.1, -0.05) is 6.07 Å². The quantitative estimate of drug-likeness (QED) is 0.912. The van der Waals surface area contributed by atoms with Crippen molar-refractivity contribution in [2.75, 3.05) is 0 Å². The molecule has 1 N–H and O–H groups in total. The Balaban J connectivity index is 1.70. The molecule has 2 heterocycles. The molecule has 20 heavy (non-hydrogen) atoms. The fourth-order valence-corrected chi connectivity index (χ4v) is 2.12. The number of rotatable bonds is 4. The van der Waals surface area contributed by atoms with Crippen LogP contribution in [-0.4, -0.2) is 26.7 Å². The zero-order valence-corrected chi connectivity index (χ0v) is 10.9. The second kappa shape index (κ2) is 4.88. The largest absolute Gasteiger partial charge is 0.486 e. The van der Waals surface area contributed by atoms with Gasteiger partial charge in [-0.3, -0.25) is 0 Å². The first-order valence-corrected chi connectivity index (χ1v) is 6.25. The van der Waals surface area contributed by atoms with E-state index < -0.39 is 12.1 Å². The molecule has 104 valence electrons. The molecule has 1 aliphatic heterocycles. The SMILES string of the molecule is Cn1ccnc1COc1ccc2c(c1)OC(C(=O)O)C2. The number of fused-ring (bicyclic) bond motifs is 1. The van der Waals surface area contributed by atoms with Gasteiger partial charge < -0.3 is 19.1 Å². The van der Waals surface area contributed by atoms with E-state index in [2.05, 4.69) is 4.98 Å². The van der Waals surface area contributed by atoms with E-state index in [0.717, 1.165) is 11.4 Å². The summed E-state index contributed by atoms with van der Waals surface area (Å²) >= 11 is 0. The van der Waals surface area contributed by atoms with Crippen LogP contribution in [0, 0.1) is 0 Å². The van der Waals surface area contributed by atoms with Crippen molar-refractivity contribution >= 4 is 5.97 Å². The second-order valence-corrected chi connectivity index (χ2v) is 4.66. The average Bonchev–Trinajstić information content (AvgIpc) is 3.01. The van der Waals surface area contributed by atoms with Gasteiger partial charge in [0.05, 0.1) is 0 Å². The summed E-state index contributed by atoms with van der Waals surface area (Å²) in [5.41, 5.74) is 0.891. The zero-order valence-electron chi connectivity index (χ0n) is 10.9. The molecule has 3 rings (SSSR count). The Morgan fingerprint density at radius 3 is 3.15 bits per heavy atom. The molecule has 0 saturated carbocycles. The number of aliphatic carboxylic acids is 1. The molecule has 0 bridgehead atoms. The molecule has 1 aromatic heterocycles. The van der Waals surface area contributed by atoms with Crippen LogP contribution in [-0.2, 0) is 24.9 Å². The van der Waals surface area contributed by atoms with Crippen molar-refractivity contribution in [2.45, 2.75) is 19.1 Å². The van der Waals surface area contributed by atoms with Gasteiger partial charge in [0.2, 0.25) is 0 Å². The Morgan fingerprint density at radius 2 is 2.45 bits per heavy atom. The van der Waals surface area contributed by atoms with E-state index in [1.165, 1.54) is 0 Å². The Morgan fingerprint density at radius 1 is 1.60 bits per heavy atom. The predicted molar refractivity (Wildman–Crippen MR) is 69.7 cm³/mol. The maximum absolute atomic E-state index is 10.9. The molecule has 0 radical (unpaired) electrons. The van der Waals surface area contributed by atoms with Gasteiger partial charge >= 0.3 is 5.97 Å². The summed E-state index contributed by atoms with van der Waals surface area (Å²) in [4.78, 5) is 15.1. The summed E-state index contributed by atoms with van der Waals surface area (Å²) in [6, 6.07) is 5.38. The average molecular weight is 274 g/mol. The number of aromatic nitrogens is 2. The summed E-state index contributed by atoms with van der Waals surface area (Å²) in [6.07, 6.45) is 3.16. The van der Waals surface area contributed by atoms with Crippen molar-refractivity contribution < 1.29 is 19.4 Å². The lowest BCUT2D eigenvalue weighted by Crippen LogP contribution is -2.24. The molecule has 1 aliphatic rings. The Kier molecular flexibility index (Phi) is 3.06. The number of nitrogens with zero attached hydrogens (tertiary/aromatic N) is 2. The summed E-state index contributed by atoms with van der Waals surface area (Å²) < 4.78 is 12.9. The highest BCUT2D eigenvalue weighted by Crippen LogP contribution is 2.32. The van der Waals surface area contributed by atoms with Crippen LogP contribution < -0.4 is 9.47 Å². The van der Waals surface area contributed by atoms with Gasteiger partial charge in [0.15, 0.2) is 6.10 Å². The van der Waals surface area contributed by atoms with E-state index in [-0.39, 0.29) is 0 Å². The molecular formula is C14H14N2O4. The van der Waals surface area contributed by atoms with Crippen molar-refractivity contribution in [3.8, 4) is 11.5 Å². The van der Waals surface area contributed by atoms with Crippen LogP contribution in [0.2, 0.25) is 0 Å². The smallest absolute Gasteiger partial charge is 0.345 e. The van der Waals surface area contributed by atoms with E-state index in [1.54, 1.807) is 12.3 Å². The molecule has 6 nitrogen and oxygen atoms in total. The van der Waals surface area contributed by atoms with Crippen LogP contribution in [0.1, 0.15) is 11.4 Å². The standard InChI is InChI=1S/C14H14N2O4/c1-16-5-4-15-13(16)8-19-10-3-2-9-6-12(14(17)18)20-11(9)7-10/h2-5,7,12H,6,8H2,1H3,(H,17,18). The highest BCUT2D eigenvalue weighted by atomic mass is 16.5. The molecule has 2 aromatic rings. The van der Waals surface area contributed by atoms with Crippen LogP contribution in [0.25, 0.3) is 0 Å². The maximum atomic E-state index is 10.9. The first kappa shape index (κ1) is 12.5. The number of carboxylic acids is 1. The number of imidazole rings is 1. The lowest BCUT2D eigenvalue weighted by Gasteiger charge is -2.08. The fraction of sp³-hybridized carbons (Fsp3) is 0.286. The monoisotopic (exact) mass is 274 g/mol. The van der Waals surface area contributed by atoms with Gasteiger partial charge in [-0.15, -0.1) is 0 Å². The molecule has 1 aromatic carbocycles. The van der Waals surface area contributed by atoms with Crippen LogP contribution in [0.3, 0.4) is 0 Å². The van der Waals surface area contributed by atoms with Gasteiger partial charge in [-0.05, 0) is 11.6 Å². The second-order valence-electron chi connectivity index (χ2n) is 4.66. The number of benzene rings is 1. The van der Waals surface area contributed by atoms with Gasteiger partial charge in [-0.25, -0.2) is 9.78 Å². The first-order chi connectivity index (χ1) is 9.63. The van der Waals surface area contributed by atoms with Gasteiger partial charge in [0.1, 0.15) is 23.9 Å². The molecule has 0 fully saturated rings. The topological polar surface area (TPSA) is 73.6 Å². The minimum Gasteiger partial charge on any atom is -0.486 e. The van der Waals surface area contributed by atoms with Gasteiger partial charge in [0.25, 0.3) is 0 Å². The first-order valence-electron chi connectivity index (χ1n) is 6.25. The molecule has 1 atom stereocenters. The van der Waals surface area contributed by atoms with Crippen molar-refractivity contribution in [2.24, 2.45) is 7.05 Å². The third-order valence-electron chi connectivity index (χ3n) is 3.28. The molecule has 1 unspecified atom stereocenters. The Labute approximate surface area is 115 Å². The van der Waals surface area contributed by atoms with Crippen LogP contribution in [0.4, 0.5) is 0 Å². The Bertz CT molecular complexity index is 650. The lowest BCUT2D eigenvalue weighted by molar-refractivity contribution is -0.144. The predicted octanol–water partition coefficient (Wildman–Crippen LogP) is 1.39. The number of hydrogen-bond acceptors (Lipinski definition) is 4. The summed E-state index contributed by atoms with van der Waals surface area (Å²) in [5, 5.41) is 8.95. The molecule has 0 spiro atoms. The van der Waals surface area contributed by atoms with Gasteiger partial charge in [-0.2, -0.15) is 0 Å². The number of aryl methyl sites for hydroxylation is 1. The third-order valence-corrected chi connectivity index (χ3v) is 3.28. The van der Waals surface area contributed by atoms with Crippen molar-refractivity contribution in [3.63, 3.8) is 0 Å². The minimum atomic E-state index is -0.948. The summed E-state index contributed by atoms with van der Waals surface area (Å²) in [7, 11) is 1.90. The highest BCUT2D eigenvalue weighted by Gasteiger charge is 2.28. The summed E-state index contributed by atoms with van der Waals surface area (Å²) in [5.74, 6) is 1.08. The van der Waals surface area contributed by atoms with Crippen LogP contribution in [0.15, 0.2) is 30.6 Å². The van der Waals surface area contributed by atoms with Crippen molar-refractivity contribution in [1.82, 2.24) is 9.55 Å². The van der Waals surface area contributed by atoms with E-state index >= 15 is 0 Å². The lowest BCUT2D eigenvalue weighted by atomic mass is 10.1. The van der Waals surface area contributed by atoms with E-state index in [9.17, 15) is 4.79 Å². The van der Waals surface area contributed by atoms with Crippen molar-refractivity contribution in [3.05, 3.63) is 42.0 Å². The highest BCUT2D eigenvalue weighted by molar-refractivity contribution is 5.74. The van der Waals surface area contributed by atoms with E-state index in [0.29, 0.717) is 24.5 Å². The molecular weight excluding hydrogens is 260 g/mol. The normalized spacial score (nSPS) is 16.6. The summed E-state index contributed by atoms with van der Waals surface area (Å²) in [6.45, 7) is 0.352. The molecule has 0 saturated heterocycles. The van der Waals surface area contributed by atoms with Gasteiger partial charge in [0, 0.05) is 31.9 Å². The van der Waals surface area contributed by atoms with Crippen LogP contribution >= 0.6 is 0 Å². The van der Waals surface area contributed by atoms with Crippen LogP contribution in [0.5, 0.6) is 11.5 Å². The number of carboxylic acid groups (broad SMARTS) is 1. The Hall–Kier alpha value is -2.50. The van der Waals surface area contributed by atoms with Crippen molar-refractivity contribution in [1.29, 1.82) is 0 Å². The number of carbonyl (C=O) groups is 1. The fourth-order valence-electron chi connectivity index (χ4n) is 2.12. The van der Waals surface area contributed by atoms with E-state index in [1.807, 2.05) is 29.9 Å². The zero-order chi connectivity index (χ0) is 14.1. The molecule has 6 heteroatoms. The number of hydrogen-bond donors (Lipinski definition) is 1. The molecule has 0 amide bonds. The maximum Gasteiger partial charge on any atom is 0.345 e. The third kappa shape index (κ3) is 2.32. The minimum absolute atomic E-state index is 0.352. The van der Waals surface area contributed by atoms with E-state index in [4.69, 9.17) is 14.6 Å².